The van der Waals surface area contributed by atoms with E-state index in [9.17, 15) is 0 Å². The SMILES string of the molecule is NCC#Cc1cccc(-c2ccccc2)c1. The van der Waals surface area contributed by atoms with Crippen molar-refractivity contribution in [3.8, 4) is 23.0 Å². The molecule has 0 aliphatic carbocycles. The highest BCUT2D eigenvalue weighted by Gasteiger charge is 1.96. The van der Waals surface area contributed by atoms with Crippen molar-refractivity contribution in [3.05, 3.63) is 60.2 Å². The van der Waals surface area contributed by atoms with Gasteiger partial charge in [0.05, 0.1) is 6.54 Å². The molecule has 0 atom stereocenters. The van der Waals surface area contributed by atoms with Gasteiger partial charge in [0, 0.05) is 5.56 Å². The molecule has 1 nitrogen and oxygen atoms in total. The highest BCUT2D eigenvalue weighted by molar-refractivity contribution is 5.65. The standard InChI is InChI=1S/C15H13N/c16-11-5-7-13-6-4-10-15(12-13)14-8-2-1-3-9-14/h1-4,6,8-10,12H,11,16H2. The number of hydrogen-bond acceptors (Lipinski definition) is 1. The van der Waals surface area contributed by atoms with Crippen LogP contribution in [0, 0.1) is 11.8 Å². The Morgan fingerprint density at radius 1 is 0.875 bits per heavy atom. The van der Waals surface area contributed by atoms with Gasteiger partial charge in [0.15, 0.2) is 0 Å². The van der Waals surface area contributed by atoms with E-state index in [1.54, 1.807) is 0 Å². The smallest absolute Gasteiger partial charge is 0.0555 e. The third-order valence-corrected chi connectivity index (χ3v) is 2.30. The van der Waals surface area contributed by atoms with E-state index in [-0.39, 0.29) is 0 Å². The fourth-order valence-electron chi connectivity index (χ4n) is 1.56. The minimum Gasteiger partial charge on any atom is -0.320 e. The van der Waals surface area contributed by atoms with Gasteiger partial charge in [-0.3, -0.25) is 0 Å². The molecule has 0 spiro atoms. The van der Waals surface area contributed by atoms with Gasteiger partial charge >= 0.3 is 0 Å². The van der Waals surface area contributed by atoms with E-state index in [0.29, 0.717) is 6.54 Å². The summed E-state index contributed by atoms with van der Waals surface area (Å²) in [6.45, 7) is 0.398. The topological polar surface area (TPSA) is 26.0 Å². The average Bonchev–Trinajstić information content (AvgIpc) is 2.38. The summed E-state index contributed by atoms with van der Waals surface area (Å²) in [7, 11) is 0. The van der Waals surface area contributed by atoms with Crippen LogP contribution < -0.4 is 5.73 Å². The lowest BCUT2D eigenvalue weighted by atomic mass is 10.0. The normalized spacial score (nSPS) is 9.31. The summed E-state index contributed by atoms with van der Waals surface area (Å²) in [5.41, 5.74) is 8.75. The first-order valence-corrected chi connectivity index (χ1v) is 5.24. The van der Waals surface area contributed by atoms with Crippen molar-refractivity contribution in [2.45, 2.75) is 0 Å². The van der Waals surface area contributed by atoms with Gasteiger partial charge in [-0.05, 0) is 23.3 Å². The zero-order valence-electron chi connectivity index (χ0n) is 8.98. The molecule has 0 unspecified atom stereocenters. The van der Waals surface area contributed by atoms with Crippen molar-refractivity contribution in [1.29, 1.82) is 0 Å². The van der Waals surface area contributed by atoms with Crippen LogP contribution in [0.1, 0.15) is 5.56 Å². The molecule has 0 aliphatic heterocycles. The van der Waals surface area contributed by atoms with Crippen LogP contribution in [0.3, 0.4) is 0 Å². The Hall–Kier alpha value is -2.04. The molecule has 0 saturated carbocycles. The Morgan fingerprint density at radius 3 is 2.38 bits per heavy atom. The summed E-state index contributed by atoms with van der Waals surface area (Å²) in [5.74, 6) is 5.90. The molecular weight excluding hydrogens is 194 g/mol. The lowest BCUT2D eigenvalue weighted by Crippen LogP contribution is -1.93. The Labute approximate surface area is 95.9 Å². The Morgan fingerprint density at radius 2 is 1.62 bits per heavy atom. The number of nitrogens with two attached hydrogens (primary N) is 1. The maximum Gasteiger partial charge on any atom is 0.0555 e. The van der Waals surface area contributed by atoms with Gasteiger partial charge in [-0.2, -0.15) is 0 Å². The van der Waals surface area contributed by atoms with Gasteiger partial charge in [-0.15, -0.1) is 0 Å². The molecule has 1 heteroatoms. The molecule has 0 bridgehead atoms. The van der Waals surface area contributed by atoms with E-state index in [2.05, 4.69) is 36.1 Å². The second-order valence-corrected chi connectivity index (χ2v) is 3.45. The van der Waals surface area contributed by atoms with Crippen molar-refractivity contribution in [1.82, 2.24) is 0 Å². The molecule has 0 heterocycles. The Balaban J connectivity index is 2.37. The Kier molecular flexibility index (Phi) is 3.38. The van der Waals surface area contributed by atoms with Gasteiger partial charge < -0.3 is 5.73 Å². The average molecular weight is 207 g/mol. The van der Waals surface area contributed by atoms with Crippen molar-refractivity contribution in [2.75, 3.05) is 6.54 Å². The van der Waals surface area contributed by atoms with Gasteiger partial charge in [0.25, 0.3) is 0 Å². The van der Waals surface area contributed by atoms with Crippen LogP contribution in [0.15, 0.2) is 54.6 Å². The maximum absolute atomic E-state index is 5.35. The molecule has 0 aromatic heterocycles. The van der Waals surface area contributed by atoms with Crippen LogP contribution in [-0.4, -0.2) is 6.54 Å². The quantitative estimate of drug-likeness (QED) is 0.715. The monoisotopic (exact) mass is 207 g/mol. The van der Waals surface area contributed by atoms with E-state index in [4.69, 9.17) is 5.73 Å². The van der Waals surface area contributed by atoms with Crippen LogP contribution in [-0.2, 0) is 0 Å². The number of hydrogen-bond donors (Lipinski definition) is 1. The molecule has 2 N–H and O–H groups in total. The second kappa shape index (κ2) is 5.16. The lowest BCUT2D eigenvalue weighted by molar-refractivity contribution is 1.30. The molecule has 2 aromatic rings. The third kappa shape index (κ3) is 2.50. The molecular formula is C15H13N. The van der Waals surface area contributed by atoms with Gasteiger partial charge in [0.2, 0.25) is 0 Å². The molecule has 16 heavy (non-hydrogen) atoms. The first-order chi connectivity index (χ1) is 7.90. The van der Waals surface area contributed by atoms with E-state index in [0.717, 1.165) is 5.56 Å². The predicted molar refractivity (Wildman–Crippen MR) is 67.8 cm³/mol. The Bertz CT molecular complexity index is 518. The molecule has 0 radical (unpaired) electrons. The van der Waals surface area contributed by atoms with Crippen LogP contribution in [0.25, 0.3) is 11.1 Å². The molecule has 78 valence electrons. The minimum absolute atomic E-state index is 0.398. The molecule has 0 aliphatic rings. The van der Waals surface area contributed by atoms with Crippen molar-refractivity contribution in [2.24, 2.45) is 5.73 Å². The highest BCUT2D eigenvalue weighted by Crippen LogP contribution is 2.19. The van der Waals surface area contributed by atoms with Crippen molar-refractivity contribution >= 4 is 0 Å². The van der Waals surface area contributed by atoms with Crippen LogP contribution in [0.4, 0.5) is 0 Å². The van der Waals surface area contributed by atoms with E-state index < -0.39 is 0 Å². The van der Waals surface area contributed by atoms with Gasteiger partial charge in [-0.1, -0.05) is 54.3 Å². The zero-order valence-corrected chi connectivity index (χ0v) is 8.98. The lowest BCUT2D eigenvalue weighted by Gasteiger charge is -2.01. The predicted octanol–water partition coefficient (Wildman–Crippen LogP) is 2.66. The molecule has 0 fully saturated rings. The summed E-state index contributed by atoms with van der Waals surface area (Å²) < 4.78 is 0. The van der Waals surface area contributed by atoms with Crippen molar-refractivity contribution in [3.63, 3.8) is 0 Å². The van der Waals surface area contributed by atoms with E-state index in [1.165, 1.54) is 11.1 Å². The summed E-state index contributed by atoms with van der Waals surface area (Å²) in [4.78, 5) is 0. The number of rotatable bonds is 1. The number of benzene rings is 2. The second-order valence-electron chi connectivity index (χ2n) is 3.45. The molecule has 0 saturated heterocycles. The van der Waals surface area contributed by atoms with E-state index in [1.807, 2.05) is 30.3 Å². The van der Waals surface area contributed by atoms with Crippen LogP contribution in [0.5, 0.6) is 0 Å². The maximum atomic E-state index is 5.35. The first kappa shape index (κ1) is 10.5. The van der Waals surface area contributed by atoms with Crippen LogP contribution in [0.2, 0.25) is 0 Å². The van der Waals surface area contributed by atoms with Gasteiger partial charge in [-0.25, -0.2) is 0 Å². The highest BCUT2D eigenvalue weighted by atomic mass is 14.5. The minimum atomic E-state index is 0.398. The zero-order chi connectivity index (χ0) is 11.2. The summed E-state index contributed by atoms with van der Waals surface area (Å²) in [5, 5.41) is 0. The molecule has 2 rings (SSSR count). The van der Waals surface area contributed by atoms with E-state index >= 15 is 0 Å². The van der Waals surface area contributed by atoms with Crippen LogP contribution >= 0.6 is 0 Å². The first-order valence-electron chi connectivity index (χ1n) is 5.24. The third-order valence-electron chi connectivity index (χ3n) is 2.30. The molecule has 0 amide bonds. The van der Waals surface area contributed by atoms with Gasteiger partial charge in [0.1, 0.15) is 0 Å². The summed E-state index contributed by atoms with van der Waals surface area (Å²) >= 11 is 0. The summed E-state index contributed by atoms with van der Waals surface area (Å²) in [6, 6.07) is 18.5. The largest absolute Gasteiger partial charge is 0.320 e. The summed E-state index contributed by atoms with van der Waals surface area (Å²) in [6.07, 6.45) is 0. The fraction of sp³-hybridized carbons (Fsp3) is 0.0667. The molecule has 2 aromatic carbocycles. The van der Waals surface area contributed by atoms with Crippen molar-refractivity contribution < 1.29 is 0 Å². The fourth-order valence-corrected chi connectivity index (χ4v) is 1.56.